The second-order valence-corrected chi connectivity index (χ2v) is 4.52. The summed E-state index contributed by atoms with van der Waals surface area (Å²) in [5, 5.41) is 0. The maximum Gasteiger partial charge on any atom is 0.249 e. The third-order valence-electron chi connectivity index (χ3n) is 3.24. The van der Waals surface area contributed by atoms with E-state index in [1.807, 2.05) is 24.3 Å². The van der Waals surface area contributed by atoms with E-state index in [1.54, 1.807) is 19.1 Å². The minimum Gasteiger partial charge on any atom is -0.497 e. The Hall–Kier alpha value is -1.59. The third-order valence-corrected chi connectivity index (χ3v) is 3.24. The van der Waals surface area contributed by atoms with Gasteiger partial charge >= 0.3 is 0 Å². The first-order valence-electron chi connectivity index (χ1n) is 5.86. The molecule has 1 unspecified atom stereocenters. The van der Waals surface area contributed by atoms with Gasteiger partial charge in [0, 0.05) is 19.3 Å². The van der Waals surface area contributed by atoms with E-state index in [9.17, 15) is 4.79 Å². The lowest BCUT2D eigenvalue weighted by atomic mass is 9.98. The number of anilines is 1. The quantitative estimate of drug-likeness (QED) is 0.860. The number of methoxy groups -OCH3 is 1. The molecule has 1 saturated heterocycles. The molecule has 1 aliphatic heterocycles. The summed E-state index contributed by atoms with van der Waals surface area (Å²) in [5.41, 5.74) is 5.95. The molecule has 98 valence electrons. The van der Waals surface area contributed by atoms with E-state index >= 15 is 0 Å². The number of hydrogen-bond donors (Lipinski definition) is 1. The molecule has 1 aromatic carbocycles. The van der Waals surface area contributed by atoms with Crippen molar-refractivity contribution in [1.29, 1.82) is 0 Å². The monoisotopic (exact) mass is 250 g/mol. The van der Waals surface area contributed by atoms with Crippen molar-refractivity contribution in [1.82, 2.24) is 0 Å². The zero-order chi connectivity index (χ0) is 13.2. The number of carbonyl (C=O) groups is 1. The first kappa shape index (κ1) is 12.9. The summed E-state index contributed by atoms with van der Waals surface area (Å²) >= 11 is 0. The van der Waals surface area contributed by atoms with Crippen molar-refractivity contribution in [2.75, 3.05) is 32.3 Å². The van der Waals surface area contributed by atoms with Gasteiger partial charge in [0.1, 0.15) is 11.3 Å². The molecule has 0 spiro atoms. The number of benzene rings is 1. The smallest absolute Gasteiger partial charge is 0.249 e. The van der Waals surface area contributed by atoms with Gasteiger partial charge in [0.05, 0.1) is 13.7 Å². The number of nitrogens with zero attached hydrogens (tertiary/aromatic N) is 1. The van der Waals surface area contributed by atoms with Crippen LogP contribution >= 0.6 is 0 Å². The zero-order valence-corrected chi connectivity index (χ0v) is 10.7. The van der Waals surface area contributed by atoms with Crippen LogP contribution in [0.25, 0.3) is 0 Å². The molecule has 5 nitrogen and oxygen atoms in total. The van der Waals surface area contributed by atoms with Gasteiger partial charge in [-0.15, -0.1) is 0 Å². The Labute approximate surface area is 106 Å². The highest BCUT2D eigenvalue weighted by Gasteiger charge is 2.40. The molecular formula is C13H18N2O3. The fraction of sp³-hybridized carbons (Fsp3) is 0.462. The Balaban J connectivity index is 2.14. The van der Waals surface area contributed by atoms with E-state index in [4.69, 9.17) is 15.2 Å². The van der Waals surface area contributed by atoms with Crippen LogP contribution in [0.2, 0.25) is 0 Å². The molecule has 18 heavy (non-hydrogen) atoms. The summed E-state index contributed by atoms with van der Waals surface area (Å²) in [5.74, 6) is 0.636. The Morgan fingerprint density at radius 1 is 1.44 bits per heavy atom. The number of hydrogen-bond acceptors (Lipinski definition) is 4. The first-order valence-corrected chi connectivity index (χ1v) is 5.86. The standard InChI is InChI=1S/C13H18N2O3/c1-15(10-3-5-11(17-2)6-4-10)12(16)13(14)7-8-18-9-13/h3-6H,7-9,14H2,1-2H3. The van der Waals surface area contributed by atoms with Crippen LogP contribution in [0.1, 0.15) is 6.42 Å². The molecule has 1 heterocycles. The largest absolute Gasteiger partial charge is 0.497 e. The van der Waals surface area contributed by atoms with Gasteiger partial charge in [0.2, 0.25) is 5.91 Å². The number of likely N-dealkylation sites (N-methyl/N-ethyl adjacent to an activating group) is 1. The van der Waals surface area contributed by atoms with Crippen molar-refractivity contribution in [3.63, 3.8) is 0 Å². The summed E-state index contributed by atoms with van der Waals surface area (Å²) in [6.07, 6.45) is 0.562. The molecule has 0 aliphatic carbocycles. The minimum absolute atomic E-state index is 0.120. The summed E-state index contributed by atoms with van der Waals surface area (Å²) in [4.78, 5) is 13.9. The Morgan fingerprint density at radius 2 is 2.11 bits per heavy atom. The number of nitrogens with two attached hydrogens (primary N) is 1. The highest BCUT2D eigenvalue weighted by molar-refractivity contribution is 6.00. The maximum atomic E-state index is 12.3. The molecule has 1 aliphatic rings. The molecule has 2 N–H and O–H groups in total. The molecule has 0 aromatic heterocycles. The van der Waals surface area contributed by atoms with Crippen LogP contribution in [0, 0.1) is 0 Å². The van der Waals surface area contributed by atoms with Crippen molar-refractivity contribution in [2.45, 2.75) is 12.0 Å². The molecule has 0 saturated carbocycles. The number of rotatable bonds is 3. The molecule has 5 heteroatoms. The predicted octanol–water partition coefficient (Wildman–Crippen LogP) is 0.776. The van der Waals surface area contributed by atoms with Gasteiger partial charge in [-0.2, -0.15) is 0 Å². The highest BCUT2D eigenvalue weighted by atomic mass is 16.5. The SMILES string of the molecule is COc1ccc(N(C)C(=O)C2(N)CCOC2)cc1. The maximum absolute atomic E-state index is 12.3. The van der Waals surface area contributed by atoms with Crippen LogP contribution in [0.4, 0.5) is 5.69 Å². The topological polar surface area (TPSA) is 64.8 Å². The van der Waals surface area contributed by atoms with E-state index < -0.39 is 5.54 Å². The van der Waals surface area contributed by atoms with Crippen molar-refractivity contribution >= 4 is 11.6 Å². The zero-order valence-electron chi connectivity index (χ0n) is 10.7. The van der Waals surface area contributed by atoms with Crippen molar-refractivity contribution in [2.24, 2.45) is 5.73 Å². The third kappa shape index (κ3) is 2.32. The molecule has 2 rings (SSSR count). The average Bonchev–Trinajstić information content (AvgIpc) is 2.85. The Bertz CT molecular complexity index is 424. The number of carbonyl (C=O) groups excluding carboxylic acids is 1. The van der Waals surface area contributed by atoms with Gasteiger partial charge in [-0.25, -0.2) is 0 Å². The van der Waals surface area contributed by atoms with Crippen LogP contribution in [0.15, 0.2) is 24.3 Å². The molecular weight excluding hydrogens is 232 g/mol. The van der Waals surface area contributed by atoms with Gasteiger partial charge in [-0.05, 0) is 30.7 Å². The lowest BCUT2D eigenvalue weighted by molar-refractivity contribution is -0.123. The second-order valence-electron chi connectivity index (χ2n) is 4.52. The molecule has 0 bridgehead atoms. The van der Waals surface area contributed by atoms with Gasteiger partial charge in [0.15, 0.2) is 0 Å². The lowest BCUT2D eigenvalue weighted by Crippen LogP contribution is -2.55. The van der Waals surface area contributed by atoms with E-state index in [1.165, 1.54) is 0 Å². The van der Waals surface area contributed by atoms with E-state index in [0.29, 0.717) is 13.0 Å². The number of amides is 1. The molecule has 0 radical (unpaired) electrons. The molecule has 1 atom stereocenters. The summed E-state index contributed by atoms with van der Waals surface area (Å²) in [6.45, 7) is 0.824. The summed E-state index contributed by atoms with van der Waals surface area (Å²) in [6, 6.07) is 7.28. The van der Waals surface area contributed by atoms with Crippen molar-refractivity contribution < 1.29 is 14.3 Å². The second kappa shape index (κ2) is 4.96. The summed E-state index contributed by atoms with van der Waals surface area (Å²) in [7, 11) is 3.33. The fourth-order valence-corrected chi connectivity index (χ4v) is 2.01. The Morgan fingerprint density at radius 3 is 2.61 bits per heavy atom. The number of ether oxygens (including phenoxy) is 2. The minimum atomic E-state index is -0.894. The van der Waals surface area contributed by atoms with Crippen LogP contribution in [-0.4, -0.2) is 38.8 Å². The highest BCUT2D eigenvalue weighted by Crippen LogP contribution is 2.23. The predicted molar refractivity (Wildman–Crippen MR) is 68.8 cm³/mol. The van der Waals surface area contributed by atoms with Crippen LogP contribution < -0.4 is 15.4 Å². The molecule has 1 fully saturated rings. The van der Waals surface area contributed by atoms with Gasteiger partial charge in [0.25, 0.3) is 0 Å². The van der Waals surface area contributed by atoms with Crippen LogP contribution in [-0.2, 0) is 9.53 Å². The normalized spacial score (nSPS) is 22.8. The van der Waals surface area contributed by atoms with E-state index in [2.05, 4.69) is 0 Å². The van der Waals surface area contributed by atoms with Gasteiger partial charge in [-0.1, -0.05) is 0 Å². The lowest BCUT2D eigenvalue weighted by Gasteiger charge is -2.27. The van der Waals surface area contributed by atoms with Crippen LogP contribution in [0.3, 0.4) is 0 Å². The fourth-order valence-electron chi connectivity index (χ4n) is 2.01. The first-order chi connectivity index (χ1) is 8.57. The molecule has 1 aromatic rings. The van der Waals surface area contributed by atoms with Crippen molar-refractivity contribution in [3.05, 3.63) is 24.3 Å². The van der Waals surface area contributed by atoms with Gasteiger partial charge in [-0.3, -0.25) is 4.79 Å². The van der Waals surface area contributed by atoms with Crippen LogP contribution in [0.5, 0.6) is 5.75 Å². The molecule has 1 amide bonds. The van der Waals surface area contributed by atoms with Gasteiger partial charge < -0.3 is 20.1 Å². The average molecular weight is 250 g/mol. The van der Waals surface area contributed by atoms with E-state index in [0.717, 1.165) is 11.4 Å². The Kier molecular flexibility index (Phi) is 3.54. The summed E-state index contributed by atoms with van der Waals surface area (Å²) < 4.78 is 10.3. The van der Waals surface area contributed by atoms with Crippen molar-refractivity contribution in [3.8, 4) is 5.75 Å². The van der Waals surface area contributed by atoms with E-state index in [-0.39, 0.29) is 12.5 Å².